The van der Waals surface area contributed by atoms with Crippen molar-refractivity contribution in [3.63, 3.8) is 0 Å². The average Bonchev–Trinajstić information content (AvgIpc) is 3.11. The highest BCUT2D eigenvalue weighted by Crippen LogP contribution is 2.46. The fourth-order valence-corrected chi connectivity index (χ4v) is 4.84. The Labute approximate surface area is 191 Å². The van der Waals surface area contributed by atoms with Crippen molar-refractivity contribution >= 4 is 34.9 Å². The Kier molecular flexibility index (Phi) is 4.72. The molecule has 2 aliphatic rings. The molecule has 1 aliphatic heterocycles. The van der Waals surface area contributed by atoms with Crippen molar-refractivity contribution in [3.8, 4) is 11.4 Å². The number of fused-ring (bicyclic) bond motifs is 1. The Balaban J connectivity index is 1.71. The number of benzene rings is 2. The molecule has 2 aromatic carbocycles. The van der Waals surface area contributed by atoms with Gasteiger partial charge in [-0.05, 0) is 42.0 Å². The molecule has 3 aromatic rings. The number of carbonyl (C=O) groups excluding carboxylic acids is 1. The van der Waals surface area contributed by atoms with E-state index >= 15 is 0 Å². The molecule has 0 spiro atoms. The summed E-state index contributed by atoms with van der Waals surface area (Å²) in [5, 5.41) is 9.17. The van der Waals surface area contributed by atoms with Crippen molar-refractivity contribution in [2.45, 2.75) is 39.7 Å². The second-order valence-electron chi connectivity index (χ2n) is 9.05. The maximum Gasteiger partial charge on any atom is 0.226 e. The lowest BCUT2D eigenvalue weighted by Crippen LogP contribution is -2.36. The first-order valence-electron chi connectivity index (χ1n) is 10.2. The van der Waals surface area contributed by atoms with Crippen molar-refractivity contribution in [1.29, 1.82) is 0 Å². The van der Waals surface area contributed by atoms with E-state index in [1.165, 1.54) is 0 Å². The molecule has 0 saturated carbocycles. The van der Waals surface area contributed by atoms with Crippen LogP contribution >= 0.6 is 23.2 Å². The largest absolute Gasteiger partial charge is 0.328 e. The van der Waals surface area contributed by atoms with E-state index in [9.17, 15) is 4.79 Å². The summed E-state index contributed by atoms with van der Waals surface area (Å²) in [6.45, 7) is 6.26. The third-order valence-electron chi connectivity index (χ3n) is 5.98. The van der Waals surface area contributed by atoms with Gasteiger partial charge in [0.15, 0.2) is 11.6 Å². The summed E-state index contributed by atoms with van der Waals surface area (Å²) in [4.78, 5) is 18.1. The predicted molar refractivity (Wildman–Crippen MR) is 123 cm³/mol. The molecule has 7 heteroatoms. The summed E-state index contributed by atoms with van der Waals surface area (Å²) < 4.78 is 1.80. The molecule has 1 atom stereocenters. The first kappa shape index (κ1) is 20.3. The molecule has 5 rings (SSSR count). The number of ketones is 1. The number of allylic oxidation sites excluding steroid dienone is 2. The van der Waals surface area contributed by atoms with Crippen LogP contribution in [0.5, 0.6) is 0 Å². The maximum absolute atomic E-state index is 13.3. The number of aryl methyl sites for hydroxylation is 1. The zero-order chi connectivity index (χ0) is 21.9. The van der Waals surface area contributed by atoms with Crippen LogP contribution in [0.4, 0.5) is 5.95 Å². The molecule has 0 saturated heterocycles. The number of hydrogen-bond acceptors (Lipinski definition) is 4. The van der Waals surface area contributed by atoms with E-state index in [0.717, 1.165) is 34.4 Å². The van der Waals surface area contributed by atoms with Gasteiger partial charge < -0.3 is 5.32 Å². The van der Waals surface area contributed by atoms with Crippen LogP contribution in [0.1, 0.15) is 43.9 Å². The van der Waals surface area contributed by atoms with Crippen LogP contribution < -0.4 is 5.32 Å². The fourth-order valence-electron chi connectivity index (χ4n) is 4.54. The Hall–Kier alpha value is -2.63. The number of anilines is 1. The summed E-state index contributed by atoms with van der Waals surface area (Å²) >= 11 is 12.5. The number of rotatable bonds is 2. The highest BCUT2D eigenvalue weighted by Gasteiger charge is 2.42. The molecule has 1 unspecified atom stereocenters. The van der Waals surface area contributed by atoms with Crippen molar-refractivity contribution in [2.24, 2.45) is 5.41 Å². The average molecular weight is 453 g/mol. The summed E-state index contributed by atoms with van der Waals surface area (Å²) in [6, 6.07) is 13.1. The molecule has 1 aromatic heterocycles. The molecular formula is C24H22Cl2N4O. The summed E-state index contributed by atoms with van der Waals surface area (Å²) in [5.41, 5.74) is 4.43. The molecule has 0 radical (unpaired) electrons. The Morgan fingerprint density at radius 2 is 1.87 bits per heavy atom. The minimum Gasteiger partial charge on any atom is -0.328 e. The van der Waals surface area contributed by atoms with Gasteiger partial charge in [-0.3, -0.25) is 4.79 Å². The number of carbonyl (C=O) groups is 1. The number of hydrogen-bond donors (Lipinski definition) is 1. The first-order valence-corrected chi connectivity index (χ1v) is 11.0. The second-order valence-corrected chi connectivity index (χ2v) is 9.87. The van der Waals surface area contributed by atoms with Crippen LogP contribution in [-0.2, 0) is 4.79 Å². The van der Waals surface area contributed by atoms with Gasteiger partial charge in [-0.1, -0.05) is 67.4 Å². The number of aromatic nitrogens is 3. The molecule has 0 bridgehead atoms. The van der Waals surface area contributed by atoms with Gasteiger partial charge in [-0.15, -0.1) is 5.10 Å². The number of nitrogens with one attached hydrogen (secondary N) is 1. The molecule has 31 heavy (non-hydrogen) atoms. The Bertz CT molecular complexity index is 1260. The topological polar surface area (TPSA) is 59.8 Å². The Morgan fingerprint density at radius 1 is 1.10 bits per heavy atom. The summed E-state index contributed by atoms with van der Waals surface area (Å²) in [6.07, 6.45) is 1.25. The molecule has 158 valence electrons. The normalized spacial score (nSPS) is 19.6. The zero-order valence-corrected chi connectivity index (χ0v) is 19.1. The highest BCUT2D eigenvalue weighted by atomic mass is 35.5. The zero-order valence-electron chi connectivity index (χ0n) is 17.5. The van der Waals surface area contributed by atoms with E-state index in [-0.39, 0.29) is 11.2 Å². The van der Waals surface area contributed by atoms with Gasteiger partial charge in [0.05, 0.1) is 10.0 Å². The van der Waals surface area contributed by atoms with E-state index in [4.69, 9.17) is 33.3 Å². The van der Waals surface area contributed by atoms with Crippen molar-refractivity contribution < 1.29 is 4.79 Å². The molecule has 0 amide bonds. The van der Waals surface area contributed by atoms with E-state index in [0.29, 0.717) is 28.2 Å². The SMILES string of the molecule is Cc1ccccc1-c1nc2n(n1)C(c1ccc(Cl)c(Cl)c1)C1=C(CC(C)(C)CC1=O)N2. The van der Waals surface area contributed by atoms with Crippen LogP contribution in [0, 0.1) is 12.3 Å². The molecule has 1 N–H and O–H groups in total. The molecule has 2 heterocycles. The molecule has 1 aliphatic carbocycles. The number of nitrogens with zero attached hydrogens (tertiary/aromatic N) is 3. The van der Waals surface area contributed by atoms with Crippen molar-refractivity contribution in [3.05, 3.63) is 74.9 Å². The van der Waals surface area contributed by atoms with Gasteiger partial charge in [0.25, 0.3) is 0 Å². The standard InChI is InChI=1S/C24H22Cl2N4O/c1-13-6-4-5-7-15(13)22-28-23-27-18-11-24(2,3)12-19(31)20(18)21(30(23)29-22)14-8-9-16(25)17(26)10-14/h4-10,21H,11-12H2,1-3H3,(H,27,28,29). The predicted octanol–water partition coefficient (Wildman–Crippen LogP) is 6.22. The summed E-state index contributed by atoms with van der Waals surface area (Å²) in [7, 11) is 0. The van der Waals surface area contributed by atoms with Crippen LogP contribution in [0.15, 0.2) is 53.7 Å². The van der Waals surface area contributed by atoms with Gasteiger partial charge in [0.2, 0.25) is 5.95 Å². The fraction of sp³-hybridized carbons (Fsp3) is 0.292. The van der Waals surface area contributed by atoms with Gasteiger partial charge in [-0.2, -0.15) is 4.98 Å². The Morgan fingerprint density at radius 3 is 2.61 bits per heavy atom. The second kappa shape index (κ2) is 7.21. The minimum atomic E-state index is -0.408. The maximum atomic E-state index is 13.3. The summed E-state index contributed by atoms with van der Waals surface area (Å²) in [5.74, 6) is 1.37. The smallest absolute Gasteiger partial charge is 0.226 e. The van der Waals surface area contributed by atoms with Gasteiger partial charge in [0, 0.05) is 23.3 Å². The first-order chi connectivity index (χ1) is 14.7. The van der Waals surface area contributed by atoms with E-state index < -0.39 is 6.04 Å². The van der Waals surface area contributed by atoms with Crippen LogP contribution in [0.3, 0.4) is 0 Å². The third kappa shape index (κ3) is 3.46. The molecule has 0 fully saturated rings. The van der Waals surface area contributed by atoms with E-state index in [1.807, 2.05) is 43.3 Å². The van der Waals surface area contributed by atoms with Gasteiger partial charge >= 0.3 is 0 Å². The number of Topliss-reactive ketones (excluding diaryl/α,β-unsaturated/α-hetero) is 1. The lowest BCUT2D eigenvalue weighted by atomic mass is 9.73. The van der Waals surface area contributed by atoms with E-state index in [2.05, 4.69) is 19.2 Å². The lowest BCUT2D eigenvalue weighted by molar-refractivity contribution is -0.118. The highest BCUT2D eigenvalue weighted by molar-refractivity contribution is 6.42. The molecular weight excluding hydrogens is 431 g/mol. The van der Waals surface area contributed by atoms with E-state index in [1.54, 1.807) is 10.7 Å². The van der Waals surface area contributed by atoms with Gasteiger partial charge in [-0.25, -0.2) is 4.68 Å². The van der Waals surface area contributed by atoms with Crippen LogP contribution in [-0.4, -0.2) is 20.5 Å². The quantitative estimate of drug-likeness (QED) is 0.501. The van der Waals surface area contributed by atoms with Crippen molar-refractivity contribution in [2.75, 3.05) is 5.32 Å². The third-order valence-corrected chi connectivity index (χ3v) is 6.72. The monoisotopic (exact) mass is 452 g/mol. The molecule has 5 nitrogen and oxygen atoms in total. The van der Waals surface area contributed by atoms with Crippen molar-refractivity contribution in [1.82, 2.24) is 14.8 Å². The van der Waals surface area contributed by atoms with Crippen LogP contribution in [0.2, 0.25) is 10.0 Å². The minimum absolute atomic E-state index is 0.119. The van der Waals surface area contributed by atoms with Crippen LogP contribution in [0.25, 0.3) is 11.4 Å². The number of halogens is 2. The van der Waals surface area contributed by atoms with Gasteiger partial charge in [0.1, 0.15) is 6.04 Å². The lowest BCUT2D eigenvalue weighted by Gasteiger charge is -2.38.